The first-order chi connectivity index (χ1) is 13.3. The van der Waals surface area contributed by atoms with Crippen LogP contribution in [0.1, 0.15) is 37.6 Å². The van der Waals surface area contributed by atoms with Crippen LogP contribution in [0.15, 0.2) is 30.5 Å². The summed E-state index contributed by atoms with van der Waals surface area (Å²) in [5.74, 6) is 0.180. The summed E-state index contributed by atoms with van der Waals surface area (Å²) in [6, 6.07) is 6.71. The molecule has 3 rings (SSSR count). The van der Waals surface area contributed by atoms with E-state index in [1.807, 2.05) is 32.9 Å². The van der Waals surface area contributed by atoms with Crippen molar-refractivity contribution in [3.05, 3.63) is 47.7 Å². The number of pyridine rings is 2. The molecule has 2 aromatic rings. The maximum atomic E-state index is 13.0. The monoisotopic (exact) mass is 407 g/mol. The third-order valence-corrected chi connectivity index (χ3v) is 7.05. The van der Waals surface area contributed by atoms with E-state index in [9.17, 15) is 12.8 Å². The van der Waals surface area contributed by atoms with Crippen LogP contribution in [0.2, 0.25) is 0 Å². The van der Waals surface area contributed by atoms with Crippen LogP contribution < -0.4 is 5.32 Å². The SMILES string of the molecule is CCN(CC)S(=O)(=O)N1CC[C@@H](c2cc(Nc3ccc(F)cn3)cc(C)n2)C1. The lowest BCUT2D eigenvalue weighted by atomic mass is 10.0. The van der Waals surface area contributed by atoms with Crippen molar-refractivity contribution >= 4 is 21.7 Å². The van der Waals surface area contributed by atoms with Crippen molar-refractivity contribution < 1.29 is 12.8 Å². The summed E-state index contributed by atoms with van der Waals surface area (Å²) in [5, 5.41) is 3.16. The number of aryl methyl sites for hydroxylation is 1. The van der Waals surface area contributed by atoms with Gasteiger partial charge in [-0.25, -0.2) is 9.37 Å². The number of anilines is 2. The standard InChI is InChI=1S/C19H26FN5O2S/c1-4-24(5-2)28(26,27)25-9-8-15(13-25)18-11-17(10-14(3)22-18)23-19-7-6-16(20)12-21-19/h6-7,10-12,15H,4-5,8-9,13H2,1-3H3,(H,21,22,23)/t15-/m1/s1. The van der Waals surface area contributed by atoms with Gasteiger partial charge in [-0.3, -0.25) is 4.98 Å². The van der Waals surface area contributed by atoms with Crippen molar-refractivity contribution in [3.8, 4) is 0 Å². The second-order valence-corrected chi connectivity index (χ2v) is 8.77. The molecule has 1 aliphatic heterocycles. The van der Waals surface area contributed by atoms with Crippen molar-refractivity contribution in [2.45, 2.75) is 33.1 Å². The summed E-state index contributed by atoms with van der Waals surface area (Å²) < 4.78 is 41.6. The number of hydrogen-bond acceptors (Lipinski definition) is 5. The zero-order chi connectivity index (χ0) is 20.3. The number of aromatic nitrogens is 2. The van der Waals surface area contributed by atoms with Crippen LogP contribution in [0.25, 0.3) is 0 Å². The number of hydrogen-bond donors (Lipinski definition) is 1. The molecule has 0 radical (unpaired) electrons. The molecule has 3 heterocycles. The molecule has 1 N–H and O–H groups in total. The molecule has 0 spiro atoms. The molecular formula is C19H26FN5O2S. The first-order valence-electron chi connectivity index (χ1n) is 9.45. The van der Waals surface area contributed by atoms with Crippen LogP contribution in [-0.2, 0) is 10.2 Å². The lowest BCUT2D eigenvalue weighted by Crippen LogP contribution is -2.42. The fourth-order valence-electron chi connectivity index (χ4n) is 3.47. The Labute approximate surface area is 165 Å². The van der Waals surface area contributed by atoms with Crippen molar-refractivity contribution in [1.82, 2.24) is 18.6 Å². The Morgan fingerprint density at radius 1 is 1.29 bits per heavy atom. The Bertz CT molecular complexity index is 916. The molecule has 0 unspecified atom stereocenters. The second-order valence-electron chi connectivity index (χ2n) is 6.84. The Morgan fingerprint density at radius 3 is 2.68 bits per heavy atom. The summed E-state index contributed by atoms with van der Waals surface area (Å²) in [6.45, 7) is 7.41. The summed E-state index contributed by atoms with van der Waals surface area (Å²) in [5.41, 5.74) is 2.47. The molecule has 0 aromatic carbocycles. The molecule has 0 bridgehead atoms. The Balaban J connectivity index is 1.77. The van der Waals surface area contributed by atoms with Gasteiger partial charge in [-0.15, -0.1) is 0 Å². The quantitative estimate of drug-likeness (QED) is 0.763. The van der Waals surface area contributed by atoms with Crippen LogP contribution in [-0.4, -0.2) is 53.2 Å². The first-order valence-corrected chi connectivity index (χ1v) is 10.9. The van der Waals surface area contributed by atoms with Gasteiger partial charge in [0.05, 0.1) is 6.20 Å². The normalized spacial score (nSPS) is 18.0. The van der Waals surface area contributed by atoms with E-state index in [4.69, 9.17) is 0 Å². The highest BCUT2D eigenvalue weighted by Crippen LogP contribution is 2.31. The minimum Gasteiger partial charge on any atom is -0.340 e. The zero-order valence-corrected chi connectivity index (χ0v) is 17.2. The molecule has 1 fully saturated rings. The molecule has 7 nitrogen and oxygen atoms in total. The number of rotatable bonds is 7. The van der Waals surface area contributed by atoms with E-state index in [0.717, 1.165) is 29.7 Å². The third-order valence-electron chi connectivity index (χ3n) is 4.90. The van der Waals surface area contributed by atoms with Crippen LogP contribution in [0.3, 0.4) is 0 Å². The summed E-state index contributed by atoms with van der Waals surface area (Å²) in [6.07, 6.45) is 1.88. The highest BCUT2D eigenvalue weighted by atomic mass is 32.2. The highest BCUT2D eigenvalue weighted by Gasteiger charge is 2.35. The predicted molar refractivity (Wildman–Crippen MR) is 107 cm³/mol. The molecule has 0 amide bonds. The van der Waals surface area contributed by atoms with E-state index < -0.39 is 16.0 Å². The smallest absolute Gasteiger partial charge is 0.281 e. The van der Waals surface area contributed by atoms with Crippen molar-refractivity contribution in [2.75, 3.05) is 31.5 Å². The molecule has 28 heavy (non-hydrogen) atoms. The van der Waals surface area contributed by atoms with Gasteiger partial charge < -0.3 is 5.32 Å². The molecular weight excluding hydrogens is 381 g/mol. The van der Waals surface area contributed by atoms with E-state index in [0.29, 0.717) is 32.0 Å². The van der Waals surface area contributed by atoms with Gasteiger partial charge in [0.1, 0.15) is 11.6 Å². The van der Waals surface area contributed by atoms with E-state index >= 15 is 0 Å². The van der Waals surface area contributed by atoms with E-state index in [1.165, 1.54) is 10.4 Å². The maximum absolute atomic E-state index is 13.0. The van der Waals surface area contributed by atoms with E-state index in [2.05, 4.69) is 15.3 Å². The molecule has 0 aliphatic carbocycles. The number of nitrogens with zero attached hydrogens (tertiary/aromatic N) is 4. The molecule has 1 saturated heterocycles. The van der Waals surface area contributed by atoms with Crippen molar-refractivity contribution in [1.29, 1.82) is 0 Å². The Kier molecular flexibility index (Phi) is 6.26. The number of halogens is 1. The predicted octanol–water partition coefficient (Wildman–Crippen LogP) is 3.04. The third kappa shape index (κ3) is 4.48. The first kappa shape index (κ1) is 20.6. The zero-order valence-electron chi connectivity index (χ0n) is 16.4. The molecule has 1 atom stereocenters. The van der Waals surface area contributed by atoms with Gasteiger partial charge in [-0.1, -0.05) is 13.8 Å². The fourth-order valence-corrected chi connectivity index (χ4v) is 5.15. The average molecular weight is 408 g/mol. The van der Waals surface area contributed by atoms with Gasteiger partial charge >= 0.3 is 0 Å². The lowest BCUT2D eigenvalue weighted by molar-refractivity contribution is 0.377. The van der Waals surface area contributed by atoms with Crippen LogP contribution in [0.5, 0.6) is 0 Å². The highest BCUT2D eigenvalue weighted by molar-refractivity contribution is 7.86. The van der Waals surface area contributed by atoms with Gasteiger partial charge in [0.15, 0.2) is 0 Å². The molecule has 0 saturated carbocycles. The van der Waals surface area contributed by atoms with E-state index in [-0.39, 0.29) is 5.92 Å². The summed E-state index contributed by atoms with van der Waals surface area (Å²) in [4.78, 5) is 8.63. The van der Waals surface area contributed by atoms with Crippen molar-refractivity contribution in [2.24, 2.45) is 0 Å². The number of nitrogens with one attached hydrogen (secondary N) is 1. The van der Waals surface area contributed by atoms with Crippen LogP contribution >= 0.6 is 0 Å². The topological polar surface area (TPSA) is 78.4 Å². The largest absolute Gasteiger partial charge is 0.340 e. The minimum atomic E-state index is -3.44. The van der Waals surface area contributed by atoms with Gasteiger partial charge in [0.25, 0.3) is 10.2 Å². The average Bonchev–Trinajstić information content (AvgIpc) is 3.15. The lowest BCUT2D eigenvalue weighted by Gasteiger charge is -2.25. The molecule has 9 heteroatoms. The maximum Gasteiger partial charge on any atom is 0.281 e. The summed E-state index contributed by atoms with van der Waals surface area (Å²) >= 11 is 0. The Morgan fingerprint density at radius 2 is 2.04 bits per heavy atom. The summed E-state index contributed by atoms with van der Waals surface area (Å²) in [7, 11) is -3.44. The van der Waals surface area contributed by atoms with Gasteiger partial charge in [-0.2, -0.15) is 17.0 Å². The molecule has 1 aliphatic rings. The second kappa shape index (κ2) is 8.50. The van der Waals surface area contributed by atoms with Gasteiger partial charge in [0, 0.05) is 49.2 Å². The fraction of sp³-hybridized carbons (Fsp3) is 0.474. The molecule has 152 valence electrons. The van der Waals surface area contributed by atoms with Crippen LogP contribution in [0, 0.1) is 12.7 Å². The molecule has 2 aromatic heterocycles. The van der Waals surface area contributed by atoms with Crippen LogP contribution in [0.4, 0.5) is 15.9 Å². The van der Waals surface area contributed by atoms with Gasteiger partial charge in [-0.05, 0) is 37.6 Å². The van der Waals surface area contributed by atoms with Crippen molar-refractivity contribution in [3.63, 3.8) is 0 Å². The van der Waals surface area contributed by atoms with Gasteiger partial charge in [0.2, 0.25) is 0 Å². The Hall–Kier alpha value is -2.10. The van der Waals surface area contributed by atoms with E-state index in [1.54, 1.807) is 10.4 Å². The minimum absolute atomic E-state index is 0.0342.